The van der Waals surface area contributed by atoms with Crippen molar-refractivity contribution in [2.45, 2.75) is 84.5 Å². The minimum Gasteiger partial charge on any atom is -0.462 e. The zero-order valence-corrected chi connectivity index (χ0v) is 18.9. The van der Waals surface area contributed by atoms with Crippen molar-refractivity contribution >= 4 is 12.3 Å². The Balaban J connectivity index is 1.61. The van der Waals surface area contributed by atoms with Crippen LogP contribution in [-0.4, -0.2) is 37.4 Å². The maximum Gasteiger partial charge on any atom is 0.302 e. The first kappa shape index (κ1) is 21.8. The van der Waals surface area contributed by atoms with E-state index in [0.717, 1.165) is 44.8 Å². The smallest absolute Gasteiger partial charge is 0.302 e. The first-order chi connectivity index (χ1) is 14.3. The second kappa shape index (κ2) is 8.23. The lowest BCUT2D eigenvalue weighted by Gasteiger charge is -2.51. The van der Waals surface area contributed by atoms with Crippen LogP contribution in [0.15, 0.2) is 22.8 Å². The highest BCUT2D eigenvalue weighted by molar-refractivity contribution is 5.66. The fourth-order valence-electron chi connectivity index (χ4n) is 6.87. The predicted octanol–water partition coefficient (Wildman–Crippen LogP) is 4.75. The molecule has 0 spiro atoms. The molecule has 1 saturated carbocycles. The third-order valence-electron chi connectivity index (χ3n) is 8.44. The molecule has 0 aromatic heterocycles. The Hall–Kier alpha value is -1.46. The molecule has 0 radical (unpaired) electrons. The largest absolute Gasteiger partial charge is 0.462 e. The fourth-order valence-corrected chi connectivity index (χ4v) is 6.87. The number of esters is 1. The lowest BCUT2D eigenvalue weighted by atomic mass is 9.54. The minimum absolute atomic E-state index is 0.00387. The normalized spacial score (nSPS) is 38.2. The Labute approximate surface area is 180 Å². The molecule has 4 aliphatic rings. The molecule has 1 heterocycles. The highest BCUT2D eigenvalue weighted by atomic mass is 16.7. The van der Waals surface area contributed by atoms with Gasteiger partial charge in [0.05, 0.1) is 13.2 Å². The summed E-state index contributed by atoms with van der Waals surface area (Å²) in [4.78, 5) is 23.2. The summed E-state index contributed by atoms with van der Waals surface area (Å²) in [6.45, 7) is 9.48. The maximum absolute atomic E-state index is 11.7. The van der Waals surface area contributed by atoms with E-state index in [-0.39, 0.29) is 17.5 Å². The van der Waals surface area contributed by atoms with Crippen LogP contribution < -0.4 is 0 Å². The molecule has 1 aliphatic heterocycles. The van der Waals surface area contributed by atoms with Crippen molar-refractivity contribution in [1.29, 1.82) is 0 Å². The number of carbonyl (C=O) groups is 2. The molecule has 3 aliphatic carbocycles. The van der Waals surface area contributed by atoms with Crippen molar-refractivity contribution in [3.8, 4) is 0 Å². The summed E-state index contributed by atoms with van der Waals surface area (Å²) < 4.78 is 17.5. The van der Waals surface area contributed by atoms with Crippen molar-refractivity contribution in [2.75, 3.05) is 13.2 Å². The van der Waals surface area contributed by atoms with E-state index in [0.29, 0.717) is 37.4 Å². The molecule has 166 valence electrons. The van der Waals surface area contributed by atoms with E-state index in [4.69, 9.17) is 14.2 Å². The molecule has 0 N–H and O–H groups in total. The van der Waals surface area contributed by atoms with Crippen molar-refractivity contribution < 1.29 is 23.8 Å². The van der Waals surface area contributed by atoms with Gasteiger partial charge < -0.3 is 19.0 Å². The second-order valence-electron chi connectivity index (χ2n) is 9.98. The van der Waals surface area contributed by atoms with Crippen LogP contribution in [0.4, 0.5) is 0 Å². The summed E-state index contributed by atoms with van der Waals surface area (Å²) in [5.74, 6) is 0.280. The fraction of sp³-hybridized carbons (Fsp3) is 0.760. The van der Waals surface area contributed by atoms with Gasteiger partial charge in [0.2, 0.25) is 0 Å². The molecule has 1 saturated heterocycles. The average Bonchev–Trinajstić information content (AvgIpc) is 3.30. The first-order valence-electron chi connectivity index (χ1n) is 11.6. The summed E-state index contributed by atoms with van der Waals surface area (Å²) >= 11 is 0. The Bertz CT molecular complexity index is 760. The van der Waals surface area contributed by atoms with Gasteiger partial charge in [-0.15, -0.1) is 0 Å². The lowest BCUT2D eigenvalue weighted by molar-refractivity contribution is -0.171. The van der Waals surface area contributed by atoms with E-state index >= 15 is 0 Å². The highest BCUT2D eigenvalue weighted by Gasteiger charge is 2.50. The zero-order chi connectivity index (χ0) is 21.5. The van der Waals surface area contributed by atoms with Crippen LogP contribution in [0.1, 0.15) is 72.6 Å². The van der Waals surface area contributed by atoms with E-state index in [1.54, 1.807) is 0 Å². The topological polar surface area (TPSA) is 61.8 Å². The van der Waals surface area contributed by atoms with Gasteiger partial charge in [-0.25, -0.2) is 0 Å². The molecule has 4 rings (SSSR count). The number of ether oxygens (including phenoxy) is 3. The van der Waals surface area contributed by atoms with Gasteiger partial charge in [0.25, 0.3) is 0 Å². The second-order valence-corrected chi connectivity index (χ2v) is 9.98. The number of hydrogen-bond acceptors (Lipinski definition) is 5. The first-order valence-corrected chi connectivity index (χ1v) is 11.6. The summed E-state index contributed by atoms with van der Waals surface area (Å²) in [5, 5.41) is 0. The van der Waals surface area contributed by atoms with Crippen LogP contribution in [0.25, 0.3) is 0 Å². The van der Waals surface area contributed by atoms with Crippen molar-refractivity contribution in [2.24, 2.45) is 23.2 Å². The van der Waals surface area contributed by atoms with Gasteiger partial charge in [0, 0.05) is 25.7 Å². The number of hydrogen-bond donors (Lipinski definition) is 0. The van der Waals surface area contributed by atoms with Crippen LogP contribution in [0.2, 0.25) is 0 Å². The standard InChI is InChI=1S/C25H36O5/c1-16-20(7-8-22(16)25(4)28-13-14-29-25)21-6-5-18-15-19(30-17(2)27)9-11-24(18,3)23(21)10-12-26/h5,12,19,21-23H,6-11,13-15H2,1-4H3/t19-,21-,22-,23-,24-/m0/s1. The summed E-state index contributed by atoms with van der Waals surface area (Å²) in [7, 11) is 0. The zero-order valence-electron chi connectivity index (χ0n) is 18.9. The SMILES string of the molecule is CC(=O)O[C@H]1CC[C@@]2(C)C(=CC[C@@H](C3=C(C)[C@@H](C4(C)OCCO4)CC3)[C@@H]2CC=O)C1. The van der Waals surface area contributed by atoms with Gasteiger partial charge in [0.1, 0.15) is 12.4 Å². The van der Waals surface area contributed by atoms with E-state index in [2.05, 4.69) is 26.8 Å². The number of rotatable bonds is 5. The minimum atomic E-state index is -0.506. The van der Waals surface area contributed by atoms with Gasteiger partial charge >= 0.3 is 5.97 Å². The quantitative estimate of drug-likeness (QED) is 0.368. The number of carbonyl (C=O) groups excluding carboxylic acids is 2. The third-order valence-corrected chi connectivity index (χ3v) is 8.44. The molecule has 2 fully saturated rings. The molecule has 5 atom stereocenters. The van der Waals surface area contributed by atoms with E-state index in [1.807, 2.05) is 0 Å². The van der Waals surface area contributed by atoms with Gasteiger partial charge in [-0.05, 0) is 63.2 Å². The maximum atomic E-state index is 11.7. The molecule has 5 heteroatoms. The molecule has 0 unspecified atom stereocenters. The molecule has 0 amide bonds. The molecule has 0 aromatic carbocycles. The van der Waals surface area contributed by atoms with Crippen LogP contribution in [0.5, 0.6) is 0 Å². The van der Waals surface area contributed by atoms with Crippen molar-refractivity contribution in [1.82, 2.24) is 0 Å². The Kier molecular flexibility index (Phi) is 5.97. The summed E-state index contributed by atoms with van der Waals surface area (Å²) in [6.07, 6.45) is 9.79. The van der Waals surface area contributed by atoms with E-state index in [9.17, 15) is 9.59 Å². The molecule has 30 heavy (non-hydrogen) atoms. The van der Waals surface area contributed by atoms with E-state index < -0.39 is 5.79 Å². The third kappa shape index (κ3) is 3.69. The average molecular weight is 417 g/mol. The van der Waals surface area contributed by atoms with Crippen LogP contribution in [-0.2, 0) is 23.8 Å². The lowest BCUT2D eigenvalue weighted by Crippen LogP contribution is -2.43. The van der Waals surface area contributed by atoms with Crippen LogP contribution >= 0.6 is 0 Å². The van der Waals surface area contributed by atoms with Gasteiger partial charge in [-0.2, -0.15) is 0 Å². The van der Waals surface area contributed by atoms with Crippen LogP contribution in [0, 0.1) is 23.2 Å². The van der Waals surface area contributed by atoms with Gasteiger partial charge in [-0.1, -0.05) is 29.7 Å². The Morgan fingerprint density at radius 3 is 2.67 bits per heavy atom. The van der Waals surface area contributed by atoms with E-state index in [1.165, 1.54) is 23.6 Å². The van der Waals surface area contributed by atoms with Gasteiger partial charge in [-0.3, -0.25) is 4.79 Å². The molecule has 5 nitrogen and oxygen atoms in total. The number of aldehydes is 1. The Morgan fingerprint density at radius 1 is 1.27 bits per heavy atom. The molecular formula is C25H36O5. The summed E-state index contributed by atoms with van der Waals surface area (Å²) in [6, 6.07) is 0. The molecule has 0 aromatic rings. The molecular weight excluding hydrogens is 380 g/mol. The van der Waals surface area contributed by atoms with Crippen LogP contribution in [0.3, 0.4) is 0 Å². The summed E-state index contributed by atoms with van der Waals surface area (Å²) in [5.41, 5.74) is 4.31. The van der Waals surface area contributed by atoms with Crippen molar-refractivity contribution in [3.05, 3.63) is 22.8 Å². The predicted molar refractivity (Wildman–Crippen MR) is 114 cm³/mol. The highest BCUT2D eigenvalue weighted by Crippen LogP contribution is 2.58. The number of fused-ring (bicyclic) bond motifs is 1. The Morgan fingerprint density at radius 2 is 2.00 bits per heavy atom. The molecule has 0 bridgehead atoms. The number of allylic oxidation sites excluding steroid dienone is 2. The van der Waals surface area contributed by atoms with Gasteiger partial charge in [0.15, 0.2) is 5.79 Å². The monoisotopic (exact) mass is 416 g/mol. The van der Waals surface area contributed by atoms with Crippen molar-refractivity contribution in [3.63, 3.8) is 0 Å².